The van der Waals surface area contributed by atoms with Gasteiger partial charge in [-0.15, -0.1) is 0 Å². The predicted molar refractivity (Wildman–Crippen MR) is 114 cm³/mol. The van der Waals surface area contributed by atoms with E-state index in [1.807, 2.05) is 60.7 Å². The monoisotopic (exact) mass is 403 g/mol. The fraction of sp³-hybridized carbons (Fsp3) is 0.292. The van der Waals surface area contributed by atoms with Gasteiger partial charge in [0.15, 0.2) is 12.3 Å². The highest BCUT2D eigenvalue weighted by molar-refractivity contribution is 5.91. The summed E-state index contributed by atoms with van der Waals surface area (Å²) in [5, 5.41) is 7.57. The molecule has 30 heavy (non-hydrogen) atoms. The molecule has 0 saturated heterocycles. The number of esters is 1. The number of carbonyl (C=O) groups excluding carboxylic acids is 2. The number of hydrogen-bond acceptors (Lipinski definition) is 4. The lowest BCUT2D eigenvalue weighted by Crippen LogP contribution is -2.38. The van der Waals surface area contributed by atoms with Crippen LogP contribution >= 0.6 is 0 Å². The molecule has 0 atom stereocenters. The molecule has 0 unspecified atom stereocenters. The zero-order valence-electron chi connectivity index (χ0n) is 16.8. The van der Waals surface area contributed by atoms with Gasteiger partial charge < -0.3 is 10.1 Å². The standard InChI is InChI=1S/C24H25N3O3/c28-23(25-19-12-6-2-7-13-19)17-30-24(29)22-16-21(18-10-4-1-5-11-18)26-27(22)20-14-8-3-9-15-20/h1,3-5,8-11,14-16,19H,2,6-7,12-13,17H2,(H,25,28). The van der Waals surface area contributed by atoms with E-state index in [9.17, 15) is 9.59 Å². The summed E-state index contributed by atoms with van der Waals surface area (Å²) in [6.45, 7) is -0.296. The normalized spacial score (nSPS) is 14.3. The van der Waals surface area contributed by atoms with E-state index in [-0.39, 0.29) is 24.2 Å². The molecule has 1 aliphatic carbocycles. The highest BCUT2D eigenvalue weighted by Crippen LogP contribution is 2.22. The third-order valence-electron chi connectivity index (χ3n) is 5.29. The van der Waals surface area contributed by atoms with Gasteiger partial charge in [0, 0.05) is 11.6 Å². The Bertz CT molecular complexity index is 993. The average Bonchev–Trinajstić information content (AvgIpc) is 3.25. The number of rotatable bonds is 6. The van der Waals surface area contributed by atoms with Crippen molar-refractivity contribution in [1.29, 1.82) is 0 Å². The second-order valence-electron chi connectivity index (χ2n) is 7.51. The number of carbonyl (C=O) groups is 2. The number of amides is 1. The third kappa shape index (κ3) is 4.76. The van der Waals surface area contributed by atoms with E-state index in [2.05, 4.69) is 10.4 Å². The van der Waals surface area contributed by atoms with Crippen LogP contribution in [0.3, 0.4) is 0 Å². The fourth-order valence-electron chi connectivity index (χ4n) is 3.76. The number of hydrogen-bond donors (Lipinski definition) is 1. The molecular weight excluding hydrogens is 378 g/mol. The second-order valence-corrected chi connectivity index (χ2v) is 7.51. The van der Waals surface area contributed by atoms with Crippen molar-refractivity contribution in [1.82, 2.24) is 15.1 Å². The van der Waals surface area contributed by atoms with Gasteiger partial charge in [-0.1, -0.05) is 67.8 Å². The minimum atomic E-state index is -0.577. The molecule has 6 heteroatoms. The summed E-state index contributed by atoms with van der Waals surface area (Å²) >= 11 is 0. The Labute approximate surface area is 175 Å². The van der Waals surface area contributed by atoms with Crippen LogP contribution in [0.25, 0.3) is 16.9 Å². The third-order valence-corrected chi connectivity index (χ3v) is 5.29. The van der Waals surface area contributed by atoms with Crippen LogP contribution in [0.1, 0.15) is 42.6 Å². The Balaban J connectivity index is 1.50. The van der Waals surface area contributed by atoms with Gasteiger partial charge in [0.25, 0.3) is 5.91 Å². The lowest BCUT2D eigenvalue weighted by Gasteiger charge is -2.22. The van der Waals surface area contributed by atoms with Crippen molar-refractivity contribution in [3.63, 3.8) is 0 Å². The Hall–Kier alpha value is -3.41. The lowest BCUT2D eigenvalue weighted by molar-refractivity contribution is -0.125. The largest absolute Gasteiger partial charge is 0.451 e. The number of aromatic nitrogens is 2. The Kier molecular flexibility index (Phi) is 6.23. The summed E-state index contributed by atoms with van der Waals surface area (Å²) in [5.74, 6) is -0.836. The topological polar surface area (TPSA) is 73.2 Å². The lowest BCUT2D eigenvalue weighted by atomic mass is 9.95. The summed E-state index contributed by atoms with van der Waals surface area (Å²) in [5.41, 5.74) is 2.60. The first-order valence-corrected chi connectivity index (χ1v) is 10.4. The van der Waals surface area contributed by atoms with Gasteiger partial charge >= 0.3 is 5.97 Å². The minimum Gasteiger partial charge on any atom is -0.451 e. The molecule has 1 fully saturated rings. The highest BCUT2D eigenvalue weighted by Gasteiger charge is 2.21. The molecule has 1 aliphatic rings. The minimum absolute atomic E-state index is 0.185. The van der Waals surface area contributed by atoms with Gasteiger partial charge in [0.05, 0.1) is 11.4 Å². The summed E-state index contributed by atoms with van der Waals surface area (Å²) in [4.78, 5) is 25.0. The van der Waals surface area contributed by atoms with E-state index in [1.54, 1.807) is 10.7 Å². The molecule has 1 heterocycles. The van der Waals surface area contributed by atoms with Crippen LogP contribution in [0.5, 0.6) is 0 Å². The first kappa shape index (κ1) is 19.9. The molecular formula is C24H25N3O3. The Morgan fingerprint density at radius 3 is 2.33 bits per heavy atom. The molecule has 1 aromatic heterocycles. The van der Waals surface area contributed by atoms with E-state index < -0.39 is 5.97 Å². The predicted octanol–water partition coefficient (Wildman–Crippen LogP) is 4.15. The quantitative estimate of drug-likeness (QED) is 0.628. The molecule has 4 rings (SSSR count). The van der Waals surface area contributed by atoms with E-state index in [1.165, 1.54) is 6.42 Å². The summed E-state index contributed by atoms with van der Waals surface area (Å²) in [6, 6.07) is 20.9. The molecule has 1 saturated carbocycles. The van der Waals surface area contributed by atoms with Crippen molar-refractivity contribution in [3.05, 3.63) is 72.4 Å². The molecule has 1 N–H and O–H groups in total. The number of ether oxygens (including phenoxy) is 1. The second kappa shape index (κ2) is 9.39. The summed E-state index contributed by atoms with van der Waals surface area (Å²) < 4.78 is 6.89. The van der Waals surface area contributed by atoms with Gasteiger partial charge in [-0.2, -0.15) is 5.10 Å². The zero-order valence-corrected chi connectivity index (χ0v) is 16.8. The van der Waals surface area contributed by atoms with Crippen molar-refractivity contribution in [2.45, 2.75) is 38.1 Å². The van der Waals surface area contributed by atoms with Crippen molar-refractivity contribution < 1.29 is 14.3 Å². The smallest absolute Gasteiger partial charge is 0.357 e. The first-order valence-electron chi connectivity index (χ1n) is 10.4. The van der Waals surface area contributed by atoms with Crippen LogP contribution in [-0.2, 0) is 9.53 Å². The van der Waals surface area contributed by atoms with Crippen LogP contribution in [0.2, 0.25) is 0 Å². The van der Waals surface area contributed by atoms with Gasteiger partial charge in [-0.05, 0) is 31.0 Å². The molecule has 6 nitrogen and oxygen atoms in total. The van der Waals surface area contributed by atoms with Crippen molar-refractivity contribution in [2.24, 2.45) is 0 Å². The fourth-order valence-corrected chi connectivity index (χ4v) is 3.76. The summed E-state index contributed by atoms with van der Waals surface area (Å²) in [6.07, 6.45) is 5.45. The van der Waals surface area contributed by atoms with Gasteiger partial charge in [0.2, 0.25) is 0 Å². The highest BCUT2D eigenvalue weighted by atomic mass is 16.5. The van der Waals surface area contributed by atoms with Crippen LogP contribution in [-0.4, -0.2) is 34.3 Å². The van der Waals surface area contributed by atoms with Crippen molar-refractivity contribution >= 4 is 11.9 Å². The van der Waals surface area contributed by atoms with E-state index in [4.69, 9.17) is 4.74 Å². The molecule has 3 aromatic rings. The molecule has 0 radical (unpaired) electrons. The van der Waals surface area contributed by atoms with Crippen LogP contribution in [0, 0.1) is 0 Å². The molecule has 0 bridgehead atoms. The zero-order chi connectivity index (χ0) is 20.8. The number of benzene rings is 2. The van der Waals surface area contributed by atoms with Gasteiger partial charge in [-0.25, -0.2) is 9.48 Å². The molecule has 0 aliphatic heterocycles. The van der Waals surface area contributed by atoms with Gasteiger partial charge in [-0.3, -0.25) is 4.79 Å². The summed E-state index contributed by atoms with van der Waals surface area (Å²) in [7, 11) is 0. The maximum Gasteiger partial charge on any atom is 0.357 e. The van der Waals surface area contributed by atoms with E-state index >= 15 is 0 Å². The maximum absolute atomic E-state index is 12.8. The SMILES string of the molecule is O=C(COC(=O)c1cc(-c2ccccc2)nn1-c1ccccc1)NC1CCCCC1. The molecule has 2 aromatic carbocycles. The molecule has 1 amide bonds. The molecule has 154 valence electrons. The Morgan fingerprint density at radius 2 is 1.63 bits per heavy atom. The van der Waals surface area contributed by atoms with E-state index in [0.717, 1.165) is 36.9 Å². The number of nitrogens with zero attached hydrogens (tertiary/aromatic N) is 2. The first-order chi connectivity index (χ1) is 14.7. The number of nitrogens with one attached hydrogen (secondary N) is 1. The van der Waals surface area contributed by atoms with E-state index in [0.29, 0.717) is 5.69 Å². The maximum atomic E-state index is 12.8. The van der Waals surface area contributed by atoms with Crippen molar-refractivity contribution in [3.8, 4) is 16.9 Å². The van der Waals surface area contributed by atoms with Crippen LogP contribution in [0.4, 0.5) is 0 Å². The van der Waals surface area contributed by atoms with Crippen molar-refractivity contribution in [2.75, 3.05) is 6.61 Å². The average molecular weight is 403 g/mol. The Morgan fingerprint density at radius 1 is 0.967 bits per heavy atom. The van der Waals surface area contributed by atoms with Gasteiger partial charge in [0.1, 0.15) is 0 Å². The number of para-hydroxylation sites is 1. The van der Waals surface area contributed by atoms with Crippen LogP contribution < -0.4 is 5.32 Å². The molecule has 0 spiro atoms. The van der Waals surface area contributed by atoms with Crippen LogP contribution in [0.15, 0.2) is 66.7 Å².